The number of hydrogen-bond donors (Lipinski definition) is 2. The smallest absolute Gasteiger partial charge is 0.448 e. The summed E-state index contributed by atoms with van der Waals surface area (Å²) in [5.74, 6) is 0. The molecule has 0 radical (unpaired) electrons. The Morgan fingerprint density at radius 3 is 3.08 bits per heavy atom. The van der Waals surface area contributed by atoms with Crippen molar-refractivity contribution in [2.24, 2.45) is 0 Å². The van der Waals surface area contributed by atoms with Crippen molar-refractivity contribution >= 4 is 6.16 Å². The molecule has 0 saturated carbocycles. The number of rotatable bonds is 3. The fourth-order valence-corrected chi connectivity index (χ4v) is 0.728. The van der Waals surface area contributed by atoms with E-state index in [9.17, 15) is 4.79 Å². The average Bonchev–Trinajstić information content (AvgIpc) is 2.36. The number of aliphatic hydroxyl groups excluding tert-OH is 1. The third-order valence-electron chi connectivity index (χ3n) is 1.19. The number of carbonyl (C=O) groups is 1. The van der Waals surface area contributed by atoms with Crippen molar-refractivity contribution in [2.75, 3.05) is 6.61 Å². The molecule has 6 heteroatoms. The zero-order valence-electron chi connectivity index (χ0n) is 6.17. The van der Waals surface area contributed by atoms with Crippen LogP contribution in [-0.2, 0) is 6.42 Å². The van der Waals surface area contributed by atoms with Crippen LogP contribution in [0.2, 0.25) is 0 Å². The van der Waals surface area contributed by atoms with Crippen LogP contribution in [0, 0.1) is 0 Å². The molecule has 0 amide bonds. The van der Waals surface area contributed by atoms with Crippen LogP contribution >= 0.6 is 0 Å². The Labute approximate surface area is 68.0 Å². The van der Waals surface area contributed by atoms with Crippen molar-refractivity contribution in [3.63, 3.8) is 0 Å². The minimum atomic E-state index is -1.42. The van der Waals surface area contributed by atoms with Crippen LogP contribution in [0.15, 0.2) is 12.4 Å². The molecule has 1 heterocycles. The molecule has 1 aromatic rings. The zero-order valence-corrected chi connectivity index (χ0v) is 6.17. The molecule has 0 saturated heterocycles. The van der Waals surface area contributed by atoms with E-state index in [4.69, 9.17) is 10.2 Å². The maximum absolute atomic E-state index is 10.0. The summed E-state index contributed by atoms with van der Waals surface area (Å²) in [6.07, 6.45) is 1.83. The SMILES string of the molecule is O=C(O)On1cc(CCO)cn1. The lowest BCUT2D eigenvalue weighted by Gasteiger charge is -1.94. The van der Waals surface area contributed by atoms with Crippen molar-refractivity contribution in [1.29, 1.82) is 0 Å². The van der Waals surface area contributed by atoms with Gasteiger partial charge < -0.3 is 10.2 Å². The van der Waals surface area contributed by atoms with Gasteiger partial charge in [0.2, 0.25) is 0 Å². The summed E-state index contributed by atoms with van der Waals surface area (Å²) in [6.45, 7) is -0.00123. The van der Waals surface area contributed by atoms with Gasteiger partial charge in [-0.1, -0.05) is 4.85 Å². The highest BCUT2D eigenvalue weighted by Crippen LogP contribution is 1.96. The molecule has 6 nitrogen and oxygen atoms in total. The standard InChI is InChI=1S/C6H8N2O4/c9-2-1-5-3-7-8(4-5)12-6(10)11/h3-4,9H,1-2H2,(H,10,11). The lowest BCUT2D eigenvalue weighted by molar-refractivity contribution is 0.0681. The van der Waals surface area contributed by atoms with Gasteiger partial charge in [0, 0.05) is 6.61 Å². The number of hydrogen-bond acceptors (Lipinski definition) is 4. The van der Waals surface area contributed by atoms with E-state index in [1.165, 1.54) is 12.4 Å². The molecule has 0 aliphatic rings. The van der Waals surface area contributed by atoms with Crippen molar-refractivity contribution in [3.05, 3.63) is 18.0 Å². The van der Waals surface area contributed by atoms with Crippen molar-refractivity contribution < 1.29 is 19.8 Å². The van der Waals surface area contributed by atoms with Crippen LogP contribution in [0.1, 0.15) is 5.56 Å². The van der Waals surface area contributed by atoms with Gasteiger partial charge in [-0.05, 0) is 12.0 Å². The van der Waals surface area contributed by atoms with Crippen LogP contribution in [0.25, 0.3) is 0 Å². The van der Waals surface area contributed by atoms with E-state index in [1.54, 1.807) is 0 Å². The summed E-state index contributed by atoms with van der Waals surface area (Å²) in [5.41, 5.74) is 0.721. The van der Waals surface area contributed by atoms with Crippen LogP contribution in [0.3, 0.4) is 0 Å². The van der Waals surface area contributed by atoms with Gasteiger partial charge in [0.15, 0.2) is 0 Å². The predicted octanol–water partition coefficient (Wildman–Crippen LogP) is -0.476. The summed E-state index contributed by atoms with van der Waals surface area (Å²) in [7, 11) is 0. The molecule has 1 rings (SSSR count). The highest BCUT2D eigenvalue weighted by molar-refractivity contribution is 5.56. The summed E-state index contributed by atoms with van der Waals surface area (Å²) in [5, 5.41) is 20.3. The number of aliphatic hydroxyl groups is 1. The second-order valence-electron chi connectivity index (χ2n) is 2.08. The van der Waals surface area contributed by atoms with Gasteiger partial charge in [-0.2, -0.15) is 0 Å². The Balaban J connectivity index is 2.58. The van der Waals surface area contributed by atoms with Crippen molar-refractivity contribution in [3.8, 4) is 0 Å². The van der Waals surface area contributed by atoms with Gasteiger partial charge in [0.25, 0.3) is 0 Å². The maximum Gasteiger partial charge on any atom is 0.532 e. The predicted molar refractivity (Wildman–Crippen MR) is 37.6 cm³/mol. The summed E-state index contributed by atoms with van der Waals surface area (Å²) in [4.78, 5) is 15.0. The van der Waals surface area contributed by atoms with Crippen molar-refractivity contribution in [2.45, 2.75) is 6.42 Å². The summed E-state index contributed by atoms with van der Waals surface area (Å²) < 4.78 is 0. The van der Waals surface area contributed by atoms with Crippen LogP contribution in [0.5, 0.6) is 0 Å². The second-order valence-corrected chi connectivity index (χ2v) is 2.08. The third kappa shape index (κ3) is 2.24. The minimum absolute atomic E-state index is 0.00123. The van der Waals surface area contributed by atoms with E-state index in [0.717, 1.165) is 10.4 Å². The van der Waals surface area contributed by atoms with E-state index in [2.05, 4.69) is 9.94 Å². The van der Waals surface area contributed by atoms with Gasteiger partial charge in [0.05, 0.1) is 12.4 Å². The van der Waals surface area contributed by atoms with Crippen molar-refractivity contribution in [1.82, 2.24) is 9.94 Å². The minimum Gasteiger partial charge on any atom is -0.448 e. The molecule has 0 spiro atoms. The second kappa shape index (κ2) is 3.72. The Hall–Kier alpha value is -1.56. The van der Waals surface area contributed by atoms with Crippen LogP contribution < -0.4 is 4.84 Å². The van der Waals surface area contributed by atoms with E-state index in [1.807, 2.05) is 0 Å². The first-order valence-corrected chi connectivity index (χ1v) is 3.28. The lowest BCUT2D eigenvalue weighted by Crippen LogP contribution is -2.17. The highest BCUT2D eigenvalue weighted by Gasteiger charge is 2.01. The molecule has 66 valence electrons. The molecule has 1 aromatic heterocycles. The van der Waals surface area contributed by atoms with Crippen LogP contribution in [-0.4, -0.2) is 32.9 Å². The first kappa shape index (κ1) is 8.54. The average molecular weight is 172 g/mol. The Bertz CT molecular complexity index is 270. The molecule has 0 unspecified atom stereocenters. The molecule has 0 aliphatic heterocycles. The topological polar surface area (TPSA) is 84.6 Å². The first-order valence-electron chi connectivity index (χ1n) is 3.28. The maximum atomic E-state index is 10.0. The first-order chi connectivity index (χ1) is 5.72. The summed E-state index contributed by atoms with van der Waals surface area (Å²) >= 11 is 0. The fraction of sp³-hybridized carbons (Fsp3) is 0.333. The quantitative estimate of drug-likeness (QED) is 0.643. The van der Waals surface area contributed by atoms with E-state index in [0.29, 0.717) is 6.42 Å². The molecule has 0 aromatic carbocycles. The molecular formula is C6H8N2O4. The Kier molecular flexibility index (Phi) is 2.65. The van der Waals surface area contributed by atoms with Gasteiger partial charge in [-0.3, -0.25) is 4.84 Å². The number of aromatic nitrogens is 2. The highest BCUT2D eigenvalue weighted by atomic mass is 16.8. The van der Waals surface area contributed by atoms with Gasteiger partial charge >= 0.3 is 6.16 Å². The molecular weight excluding hydrogens is 164 g/mol. The van der Waals surface area contributed by atoms with Gasteiger partial charge in [-0.15, -0.1) is 5.10 Å². The molecule has 0 atom stereocenters. The van der Waals surface area contributed by atoms with Gasteiger partial charge in [-0.25, -0.2) is 4.79 Å². The molecule has 0 bridgehead atoms. The van der Waals surface area contributed by atoms with Crippen LogP contribution in [0.4, 0.5) is 4.79 Å². The van der Waals surface area contributed by atoms with E-state index in [-0.39, 0.29) is 6.61 Å². The van der Waals surface area contributed by atoms with Gasteiger partial charge in [0.1, 0.15) is 0 Å². The third-order valence-corrected chi connectivity index (χ3v) is 1.19. The fourth-order valence-electron chi connectivity index (χ4n) is 0.728. The van der Waals surface area contributed by atoms with E-state index < -0.39 is 6.16 Å². The normalized spacial score (nSPS) is 9.75. The number of nitrogens with zero attached hydrogens (tertiary/aromatic N) is 2. The lowest BCUT2D eigenvalue weighted by atomic mass is 10.3. The molecule has 0 fully saturated rings. The Morgan fingerprint density at radius 2 is 2.50 bits per heavy atom. The zero-order chi connectivity index (χ0) is 8.97. The molecule has 2 N–H and O–H groups in total. The monoisotopic (exact) mass is 172 g/mol. The molecule has 12 heavy (non-hydrogen) atoms. The number of carboxylic acid groups (broad SMARTS) is 1. The summed E-state index contributed by atoms with van der Waals surface area (Å²) in [6, 6.07) is 0. The Morgan fingerprint density at radius 1 is 1.75 bits per heavy atom. The largest absolute Gasteiger partial charge is 0.532 e. The molecule has 0 aliphatic carbocycles. The van der Waals surface area contributed by atoms with E-state index >= 15 is 0 Å².